The SMILES string of the molecule is Cc1c(N)cccc1SCC(=O)NC1(C#N)CCCCC1. The van der Waals surface area contributed by atoms with E-state index < -0.39 is 5.54 Å². The van der Waals surface area contributed by atoms with Gasteiger partial charge in [-0.15, -0.1) is 11.8 Å². The highest BCUT2D eigenvalue weighted by molar-refractivity contribution is 8.00. The zero-order valence-corrected chi connectivity index (χ0v) is 13.1. The van der Waals surface area contributed by atoms with E-state index in [1.165, 1.54) is 11.8 Å². The average Bonchev–Trinajstić information content (AvgIpc) is 2.50. The lowest BCUT2D eigenvalue weighted by molar-refractivity contribution is -0.120. The Morgan fingerprint density at radius 1 is 1.43 bits per heavy atom. The number of thioether (sulfide) groups is 1. The van der Waals surface area contributed by atoms with Gasteiger partial charge in [-0.25, -0.2) is 0 Å². The van der Waals surface area contributed by atoms with Crippen LogP contribution >= 0.6 is 11.8 Å². The highest BCUT2D eigenvalue weighted by Gasteiger charge is 2.33. The van der Waals surface area contributed by atoms with Gasteiger partial charge in [-0.05, 0) is 37.5 Å². The Kier molecular flexibility index (Phi) is 5.13. The number of hydrogen-bond donors (Lipinski definition) is 2. The standard InChI is InChI=1S/C16H21N3OS/c1-12-13(18)6-5-7-14(12)21-10-15(20)19-16(11-17)8-3-2-4-9-16/h5-7H,2-4,8-10,18H2,1H3,(H,19,20). The van der Waals surface area contributed by atoms with Gasteiger partial charge in [0.15, 0.2) is 0 Å². The summed E-state index contributed by atoms with van der Waals surface area (Å²) in [6, 6.07) is 8.01. The number of anilines is 1. The molecule has 1 amide bonds. The smallest absolute Gasteiger partial charge is 0.231 e. The van der Waals surface area contributed by atoms with Crippen molar-refractivity contribution in [1.29, 1.82) is 5.26 Å². The first-order valence-electron chi connectivity index (χ1n) is 7.26. The van der Waals surface area contributed by atoms with Crippen molar-refractivity contribution in [1.82, 2.24) is 5.32 Å². The highest BCUT2D eigenvalue weighted by atomic mass is 32.2. The first-order valence-corrected chi connectivity index (χ1v) is 8.25. The molecule has 112 valence electrons. The molecule has 0 bridgehead atoms. The summed E-state index contributed by atoms with van der Waals surface area (Å²) in [5.41, 5.74) is 6.95. The predicted molar refractivity (Wildman–Crippen MR) is 85.9 cm³/mol. The molecule has 0 atom stereocenters. The molecule has 0 unspecified atom stereocenters. The summed E-state index contributed by atoms with van der Waals surface area (Å²) in [7, 11) is 0. The van der Waals surface area contributed by atoms with Gasteiger partial charge in [-0.1, -0.05) is 25.3 Å². The molecule has 3 N–H and O–H groups in total. The van der Waals surface area contributed by atoms with E-state index in [0.717, 1.165) is 48.3 Å². The Labute approximate surface area is 130 Å². The van der Waals surface area contributed by atoms with Crippen molar-refractivity contribution in [3.05, 3.63) is 23.8 Å². The van der Waals surface area contributed by atoms with Crippen LogP contribution in [0.15, 0.2) is 23.1 Å². The van der Waals surface area contributed by atoms with Crippen LogP contribution in [0.2, 0.25) is 0 Å². The van der Waals surface area contributed by atoms with Crippen LogP contribution in [0.25, 0.3) is 0 Å². The summed E-state index contributed by atoms with van der Waals surface area (Å²) in [5.74, 6) is 0.235. The molecule has 0 spiro atoms. The van der Waals surface area contributed by atoms with Crippen LogP contribution in [0.4, 0.5) is 5.69 Å². The number of hydrogen-bond acceptors (Lipinski definition) is 4. The zero-order chi connectivity index (χ0) is 15.3. The van der Waals surface area contributed by atoms with E-state index in [-0.39, 0.29) is 5.91 Å². The Bertz CT molecular complexity index is 559. The van der Waals surface area contributed by atoms with Crippen LogP contribution < -0.4 is 11.1 Å². The molecule has 0 radical (unpaired) electrons. The summed E-state index contributed by atoms with van der Waals surface area (Å²) in [6.07, 6.45) is 4.69. The molecular weight excluding hydrogens is 282 g/mol. The number of nitriles is 1. The van der Waals surface area contributed by atoms with Gasteiger partial charge >= 0.3 is 0 Å². The van der Waals surface area contributed by atoms with Crippen molar-refractivity contribution in [2.45, 2.75) is 49.5 Å². The predicted octanol–water partition coefficient (Wildman–Crippen LogP) is 3.01. The van der Waals surface area contributed by atoms with Crippen LogP contribution in [-0.2, 0) is 4.79 Å². The average molecular weight is 303 g/mol. The second kappa shape index (κ2) is 6.86. The second-order valence-corrected chi connectivity index (χ2v) is 6.58. The quantitative estimate of drug-likeness (QED) is 0.662. The summed E-state index contributed by atoms with van der Waals surface area (Å²) in [5, 5.41) is 12.3. The maximum atomic E-state index is 12.1. The third-order valence-corrected chi connectivity index (χ3v) is 5.14. The first-order chi connectivity index (χ1) is 10.1. The Morgan fingerprint density at radius 3 is 2.81 bits per heavy atom. The fraction of sp³-hybridized carbons (Fsp3) is 0.500. The van der Waals surface area contributed by atoms with E-state index in [0.29, 0.717) is 5.75 Å². The number of rotatable bonds is 4. The van der Waals surface area contributed by atoms with Gasteiger partial charge in [-0.2, -0.15) is 5.26 Å². The van der Waals surface area contributed by atoms with Gasteiger partial charge < -0.3 is 11.1 Å². The molecule has 1 aliphatic rings. The summed E-state index contributed by atoms with van der Waals surface area (Å²) in [6.45, 7) is 1.95. The summed E-state index contributed by atoms with van der Waals surface area (Å²) >= 11 is 1.47. The molecule has 1 aromatic carbocycles. The number of carbonyl (C=O) groups excluding carboxylic acids is 1. The van der Waals surface area contributed by atoms with Gasteiger partial charge in [0.05, 0.1) is 11.8 Å². The molecule has 0 aliphatic heterocycles. The Balaban J connectivity index is 1.93. The maximum absolute atomic E-state index is 12.1. The van der Waals surface area contributed by atoms with E-state index in [4.69, 9.17) is 5.73 Å². The molecule has 5 heteroatoms. The lowest BCUT2D eigenvalue weighted by atomic mass is 9.83. The number of amides is 1. The molecule has 21 heavy (non-hydrogen) atoms. The highest BCUT2D eigenvalue weighted by Crippen LogP contribution is 2.29. The molecule has 2 rings (SSSR count). The van der Waals surface area contributed by atoms with Crippen molar-refractivity contribution < 1.29 is 4.79 Å². The molecule has 4 nitrogen and oxygen atoms in total. The molecule has 0 aromatic heterocycles. The van der Waals surface area contributed by atoms with E-state index in [2.05, 4.69) is 11.4 Å². The van der Waals surface area contributed by atoms with Crippen LogP contribution in [0.3, 0.4) is 0 Å². The molecule has 0 saturated heterocycles. The normalized spacial score (nSPS) is 17.0. The Hall–Kier alpha value is -1.67. The molecule has 1 fully saturated rings. The van der Waals surface area contributed by atoms with Crippen LogP contribution in [0.1, 0.15) is 37.7 Å². The van der Waals surface area contributed by atoms with Gasteiger partial charge in [0, 0.05) is 10.6 Å². The molecular formula is C16H21N3OS. The van der Waals surface area contributed by atoms with Crippen molar-refractivity contribution in [2.75, 3.05) is 11.5 Å². The molecule has 1 aliphatic carbocycles. The maximum Gasteiger partial charge on any atom is 0.231 e. The number of nitrogen functional groups attached to an aromatic ring is 1. The van der Waals surface area contributed by atoms with E-state index in [9.17, 15) is 10.1 Å². The van der Waals surface area contributed by atoms with E-state index >= 15 is 0 Å². The lowest BCUT2D eigenvalue weighted by Gasteiger charge is -2.31. The molecule has 0 heterocycles. The van der Waals surface area contributed by atoms with Crippen molar-refractivity contribution in [3.8, 4) is 6.07 Å². The van der Waals surface area contributed by atoms with Gasteiger partial charge in [0.25, 0.3) is 0 Å². The minimum Gasteiger partial charge on any atom is -0.398 e. The van der Waals surface area contributed by atoms with Gasteiger partial charge in [0.1, 0.15) is 5.54 Å². The Morgan fingerprint density at radius 2 is 2.14 bits per heavy atom. The van der Waals surface area contributed by atoms with Gasteiger partial charge in [-0.3, -0.25) is 4.79 Å². The minimum atomic E-state index is -0.652. The summed E-state index contributed by atoms with van der Waals surface area (Å²) < 4.78 is 0. The minimum absolute atomic E-state index is 0.0784. The first kappa shape index (κ1) is 15.7. The van der Waals surface area contributed by atoms with E-state index in [1.54, 1.807) is 0 Å². The van der Waals surface area contributed by atoms with Crippen LogP contribution in [0, 0.1) is 18.3 Å². The topological polar surface area (TPSA) is 78.9 Å². The largest absolute Gasteiger partial charge is 0.398 e. The zero-order valence-electron chi connectivity index (χ0n) is 12.3. The molecule has 1 saturated carbocycles. The summed E-state index contributed by atoms with van der Waals surface area (Å²) in [4.78, 5) is 13.1. The lowest BCUT2D eigenvalue weighted by Crippen LogP contribution is -2.49. The monoisotopic (exact) mass is 303 g/mol. The third kappa shape index (κ3) is 3.92. The number of nitrogens with one attached hydrogen (secondary N) is 1. The third-order valence-electron chi connectivity index (χ3n) is 3.98. The van der Waals surface area contributed by atoms with Crippen molar-refractivity contribution >= 4 is 23.4 Å². The van der Waals surface area contributed by atoms with Crippen LogP contribution in [-0.4, -0.2) is 17.2 Å². The number of nitrogens with zero attached hydrogens (tertiary/aromatic N) is 1. The van der Waals surface area contributed by atoms with Crippen molar-refractivity contribution in [2.24, 2.45) is 0 Å². The fourth-order valence-corrected chi connectivity index (χ4v) is 3.52. The number of nitrogens with two attached hydrogens (primary N) is 1. The van der Waals surface area contributed by atoms with Crippen molar-refractivity contribution in [3.63, 3.8) is 0 Å². The molecule has 1 aromatic rings. The van der Waals surface area contributed by atoms with Crippen LogP contribution in [0.5, 0.6) is 0 Å². The second-order valence-electron chi connectivity index (χ2n) is 5.56. The number of benzene rings is 1. The van der Waals surface area contributed by atoms with E-state index in [1.807, 2.05) is 25.1 Å². The fourth-order valence-electron chi connectivity index (χ4n) is 2.65. The number of carbonyl (C=O) groups is 1. The van der Waals surface area contributed by atoms with Gasteiger partial charge in [0.2, 0.25) is 5.91 Å².